The Kier molecular flexibility index (Phi) is 2.92. The number of hydrogen-bond donors (Lipinski definition) is 1. The highest BCUT2D eigenvalue weighted by molar-refractivity contribution is 6.35. The van der Waals surface area contributed by atoms with Crippen molar-refractivity contribution in [1.82, 2.24) is 9.97 Å². The van der Waals surface area contributed by atoms with Gasteiger partial charge in [-0.2, -0.15) is 0 Å². The summed E-state index contributed by atoms with van der Waals surface area (Å²) in [6, 6.07) is 7.02. The molecule has 0 unspecified atom stereocenters. The van der Waals surface area contributed by atoms with Gasteiger partial charge >= 0.3 is 0 Å². The minimum atomic E-state index is -0.935. The van der Waals surface area contributed by atoms with Gasteiger partial charge in [0.1, 0.15) is 5.82 Å². The van der Waals surface area contributed by atoms with Crippen molar-refractivity contribution in [2.24, 2.45) is 0 Å². The van der Waals surface area contributed by atoms with Crippen molar-refractivity contribution in [3.8, 4) is 11.4 Å². The van der Waals surface area contributed by atoms with E-state index in [1.807, 2.05) is 0 Å². The van der Waals surface area contributed by atoms with Crippen LogP contribution < -0.4 is 0 Å². The third kappa shape index (κ3) is 2.29. The fourth-order valence-electron chi connectivity index (χ4n) is 1.83. The van der Waals surface area contributed by atoms with Crippen LogP contribution in [-0.2, 0) is 0 Å². The molecule has 0 atom stereocenters. The van der Waals surface area contributed by atoms with E-state index >= 15 is 0 Å². The SMILES string of the molecule is Fc1cc2nc(-c3cc(Cl)cc(Cl)c3)[nH]c2cc1F. The fraction of sp³-hybridized carbons (Fsp3) is 0. The molecule has 1 aromatic heterocycles. The molecule has 1 heterocycles. The number of rotatable bonds is 1. The highest BCUT2D eigenvalue weighted by Crippen LogP contribution is 2.27. The summed E-state index contributed by atoms with van der Waals surface area (Å²) in [5.41, 5.74) is 1.39. The van der Waals surface area contributed by atoms with Gasteiger partial charge in [-0.1, -0.05) is 23.2 Å². The average Bonchev–Trinajstić information content (AvgIpc) is 2.71. The molecule has 0 aliphatic carbocycles. The lowest BCUT2D eigenvalue weighted by molar-refractivity contribution is 0.510. The van der Waals surface area contributed by atoms with Crippen LogP contribution in [0, 0.1) is 11.6 Å². The predicted octanol–water partition coefficient (Wildman–Crippen LogP) is 4.81. The van der Waals surface area contributed by atoms with Gasteiger partial charge in [0.05, 0.1) is 11.0 Å². The monoisotopic (exact) mass is 298 g/mol. The van der Waals surface area contributed by atoms with E-state index < -0.39 is 11.6 Å². The van der Waals surface area contributed by atoms with Gasteiger partial charge in [0.25, 0.3) is 0 Å². The Bertz CT molecular complexity index is 724. The Morgan fingerprint density at radius 1 is 0.895 bits per heavy atom. The lowest BCUT2D eigenvalue weighted by Crippen LogP contribution is -1.82. The Balaban J connectivity index is 2.20. The molecule has 0 aliphatic heterocycles. The topological polar surface area (TPSA) is 28.7 Å². The molecular formula is C13H6Cl2F2N2. The van der Waals surface area contributed by atoms with Crippen LogP contribution in [0.2, 0.25) is 10.0 Å². The van der Waals surface area contributed by atoms with E-state index in [0.717, 1.165) is 12.1 Å². The first-order valence-corrected chi connectivity index (χ1v) is 6.10. The molecule has 0 spiro atoms. The summed E-state index contributed by atoms with van der Waals surface area (Å²) in [4.78, 5) is 7.09. The fourth-order valence-corrected chi connectivity index (χ4v) is 2.36. The van der Waals surface area contributed by atoms with Gasteiger partial charge in [-0.25, -0.2) is 13.8 Å². The van der Waals surface area contributed by atoms with Crippen LogP contribution in [0.25, 0.3) is 22.4 Å². The molecular weight excluding hydrogens is 293 g/mol. The van der Waals surface area contributed by atoms with Crippen LogP contribution >= 0.6 is 23.2 Å². The smallest absolute Gasteiger partial charge is 0.161 e. The first-order valence-electron chi connectivity index (χ1n) is 5.34. The summed E-state index contributed by atoms with van der Waals surface area (Å²) in [5.74, 6) is -1.41. The van der Waals surface area contributed by atoms with Gasteiger partial charge in [0, 0.05) is 27.7 Å². The maximum absolute atomic E-state index is 13.1. The molecule has 0 amide bonds. The molecule has 3 rings (SSSR count). The standard InChI is InChI=1S/C13H6Cl2F2N2/c14-7-1-6(2-8(15)3-7)13-18-11-4-9(16)10(17)5-12(11)19-13/h1-5H,(H,18,19). The maximum Gasteiger partial charge on any atom is 0.161 e. The predicted molar refractivity (Wildman–Crippen MR) is 71.5 cm³/mol. The van der Waals surface area contributed by atoms with Gasteiger partial charge < -0.3 is 4.98 Å². The molecule has 6 heteroatoms. The van der Waals surface area contributed by atoms with Crippen molar-refractivity contribution < 1.29 is 8.78 Å². The number of benzene rings is 2. The van der Waals surface area contributed by atoms with E-state index in [1.165, 1.54) is 0 Å². The van der Waals surface area contributed by atoms with Gasteiger partial charge in [0.2, 0.25) is 0 Å². The number of nitrogens with zero attached hydrogens (tertiary/aromatic N) is 1. The minimum Gasteiger partial charge on any atom is -0.338 e. The summed E-state index contributed by atoms with van der Waals surface area (Å²) in [5, 5.41) is 0.917. The van der Waals surface area contributed by atoms with E-state index in [9.17, 15) is 8.78 Å². The van der Waals surface area contributed by atoms with Crippen LogP contribution in [0.4, 0.5) is 8.78 Å². The van der Waals surface area contributed by atoms with Crippen molar-refractivity contribution in [3.05, 3.63) is 52.0 Å². The van der Waals surface area contributed by atoms with E-state index in [-0.39, 0.29) is 0 Å². The lowest BCUT2D eigenvalue weighted by atomic mass is 10.2. The van der Waals surface area contributed by atoms with E-state index in [2.05, 4.69) is 9.97 Å². The lowest BCUT2D eigenvalue weighted by Gasteiger charge is -1.98. The second kappa shape index (κ2) is 4.47. The molecule has 19 heavy (non-hydrogen) atoms. The second-order valence-electron chi connectivity index (χ2n) is 4.03. The van der Waals surface area contributed by atoms with Crippen molar-refractivity contribution in [1.29, 1.82) is 0 Å². The summed E-state index contributed by atoms with van der Waals surface area (Å²) < 4.78 is 26.2. The van der Waals surface area contributed by atoms with Gasteiger partial charge in [0.15, 0.2) is 11.6 Å². The molecule has 0 aliphatic rings. The maximum atomic E-state index is 13.1. The molecule has 0 saturated carbocycles. The first-order chi connectivity index (χ1) is 9.02. The second-order valence-corrected chi connectivity index (χ2v) is 4.90. The quantitative estimate of drug-likeness (QED) is 0.686. The molecule has 1 N–H and O–H groups in total. The summed E-state index contributed by atoms with van der Waals surface area (Å²) in [7, 11) is 0. The number of hydrogen-bond acceptors (Lipinski definition) is 1. The Labute approximate surface area is 117 Å². The summed E-state index contributed by atoms with van der Waals surface area (Å²) in [6.07, 6.45) is 0. The largest absolute Gasteiger partial charge is 0.338 e. The third-order valence-corrected chi connectivity index (χ3v) is 3.10. The van der Waals surface area contributed by atoms with Gasteiger partial charge in [-0.05, 0) is 18.2 Å². The molecule has 0 saturated heterocycles. The number of imidazole rings is 1. The van der Waals surface area contributed by atoms with Crippen molar-refractivity contribution in [2.45, 2.75) is 0 Å². The van der Waals surface area contributed by atoms with Crippen molar-refractivity contribution >= 4 is 34.2 Å². The van der Waals surface area contributed by atoms with E-state index in [4.69, 9.17) is 23.2 Å². The number of aromatic amines is 1. The first kappa shape index (κ1) is 12.4. The molecule has 3 aromatic rings. The zero-order chi connectivity index (χ0) is 13.6. The molecule has 0 radical (unpaired) electrons. The molecule has 0 fully saturated rings. The molecule has 2 nitrogen and oxygen atoms in total. The highest BCUT2D eigenvalue weighted by atomic mass is 35.5. The van der Waals surface area contributed by atoms with E-state index in [0.29, 0.717) is 32.5 Å². The zero-order valence-electron chi connectivity index (χ0n) is 9.35. The number of aromatic nitrogens is 2. The highest BCUT2D eigenvalue weighted by Gasteiger charge is 2.10. The normalized spacial score (nSPS) is 11.2. The van der Waals surface area contributed by atoms with Crippen LogP contribution in [-0.4, -0.2) is 9.97 Å². The van der Waals surface area contributed by atoms with Crippen molar-refractivity contribution in [2.75, 3.05) is 0 Å². The molecule has 2 aromatic carbocycles. The van der Waals surface area contributed by atoms with Gasteiger partial charge in [-0.15, -0.1) is 0 Å². The average molecular weight is 299 g/mol. The Morgan fingerprint density at radius 2 is 1.53 bits per heavy atom. The molecule has 96 valence electrons. The van der Waals surface area contributed by atoms with Gasteiger partial charge in [-0.3, -0.25) is 0 Å². The summed E-state index contributed by atoms with van der Waals surface area (Å²) >= 11 is 11.8. The minimum absolute atomic E-state index is 0.338. The van der Waals surface area contributed by atoms with Crippen LogP contribution in [0.3, 0.4) is 0 Å². The molecule has 0 bridgehead atoms. The van der Waals surface area contributed by atoms with Crippen LogP contribution in [0.1, 0.15) is 0 Å². The number of fused-ring (bicyclic) bond motifs is 1. The summed E-state index contributed by atoms with van der Waals surface area (Å²) in [6.45, 7) is 0. The number of halogens is 4. The van der Waals surface area contributed by atoms with Crippen LogP contribution in [0.15, 0.2) is 30.3 Å². The third-order valence-electron chi connectivity index (χ3n) is 2.66. The zero-order valence-corrected chi connectivity index (χ0v) is 10.9. The van der Waals surface area contributed by atoms with Crippen LogP contribution in [0.5, 0.6) is 0 Å². The number of H-pyrrole nitrogens is 1. The Hall–Kier alpha value is -1.65. The van der Waals surface area contributed by atoms with Crippen molar-refractivity contribution in [3.63, 3.8) is 0 Å². The Morgan fingerprint density at radius 3 is 2.21 bits per heavy atom. The number of nitrogens with one attached hydrogen (secondary N) is 1. The van der Waals surface area contributed by atoms with E-state index in [1.54, 1.807) is 18.2 Å².